The number of anilines is 1. The molecule has 1 saturated heterocycles. The van der Waals surface area contributed by atoms with E-state index >= 15 is 0 Å². The third-order valence-electron chi connectivity index (χ3n) is 4.55. The van der Waals surface area contributed by atoms with Crippen LogP contribution in [0.4, 0.5) is 5.69 Å². The zero-order valence-corrected chi connectivity index (χ0v) is 14.0. The van der Waals surface area contributed by atoms with Gasteiger partial charge in [-0.25, -0.2) is 4.79 Å². The first-order valence-electron chi connectivity index (χ1n) is 8.13. The summed E-state index contributed by atoms with van der Waals surface area (Å²) in [5, 5.41) is 0.559. The van der Waals surface area contributed by atoms with Gasteiger partial charge < -0.3 is 14.5 Å². The fraction of sp³-hybridized carbons (Fsp3) is 0.529. The molecule has 2 aliphatic heterocycles. The Labute approximate surface area is 141 Å². The maximum atomic E-state index is 12.7. The van der Waals surface area contributed by atoms with Crippen LogP contribution >= 0.6 is 11.6 Å². The molecule has 6 heteroatoms. The number of hydrogen-bond donors (Lipinski definition) is 0. The lowest BCUT2D eigenvalue weighted by molar-refractivity contribution is -0.134. The summed E-state index contributed by atoms with van der Waals surface area (Å²) in [6.45, 7) is 3.17. The van der Waals surface area contributed by atoms with Crippen LogP contribution < -0.4 is 9.64 Å². The van der Waals surface area contributed by atoms with Gasteiger partial charge in [0.2, 0.25) is 5.91 Å². The highest BCUT2D eigenvalue weighted by molar-refractivity contribution is 6.31. The summed E-state index contributed by atoms with van der Waals surface area (Å²) >= 11 is 6.05. The minimum atomic E-state index is -0.349. The third-order valence-corrected chi connectivity index (χ3v) is 4.79. The molecule has 1 atom stereocenters. The Morgan fingerprint density at radius 1 is 1.39 bits per heavy atom. The van der Waals surface area contributed by atoms with E-state index in [-0.39, 0.29) is 25.0 Å². The number of nitrogens with zero attached hydrogens (tertiary/aromatic N) is 2. The molecule has 0 N–H and O–H groups in total. The van der Waals surface area contributed by atoms with Crippen LogP contribution in [-0.4, -0.2) is 42.5 Å². The van der Waals surface area contributed by atoms with Gasteiger partial charge in [0.1, 0.15) is 6.54 Å². The molecule has 1 aromatic carbocycles. The van der Waals surface area contributed by atoms with Gasteiger partial charge >= 0.3 is 5.97 Å². The van der Waals surface area contributed by atoms with Crippen molar-refractivity contribution in [2.75, 3.05) is 24.5 Å². The van der Waals surface area contributed by atoms with Crippen molar-refractivity contribution in [3.8, 4) is 5.75 Å². The van der Waals surface area contributed by atoms with Gasteiger partial charge in [0.05, 0.1) is 12.2 Å². The fourth-order valence-corrected chi connectivity index (χ4v) is 3.53. The standard InChI is InChI=1S/C17H21ClN2O3/c1-2-13-5-3-4-8-20(13)16(21)10-19-11-17(22)23-15-7-6-12(18)9-14(15)19/h6-7,9,13H,2-5,8,10-11H2,1H3. The summed E-state index contributed by atoms with van der Waals surface area (Å²) < 4.78 is 5.22. The zero-order valence-electron chi connectivity index (χ0n) is 13.3. The first kappa shape index (κ1) is 16.1. The molecule has 0 spiro atoms. The van der Waals surface area contributed by atoms with Gasteiger partial charge in [0.25, 0.3) is 0 Å². The lowest BCUT2D eigenvalue weighted by Crippen LogP contribution is -2.49. The maximum absolute atomic E-state index is 12.7. The topological polar surface area (TPSA) is 49.9 Å². The molecule has 5 nitrogen and oxygen atoms in total. The number of piperidine rings is 1. The summed E-state index contributed by atoms with van der Waals surface area (Å²) in [5.41, 5.74) is 0.704. The molecular formula is C17H21ClN2O3. The largest absolute Gasteiger partial charge is 0.423 e. The molecule has 1 unspecified atom stereocenters. The van der Waals surface area contributed by atoms with Crippen molar-refractivity contribution in [1.82, 2.24) is 4.90 Å². The zero-order chi connectivity index (χ0) is 16.4. The Morgan fingerprint density at radius 2 is 2.22 bits per heavy atom. The van der Waals surface area contributed by atoms with E-state index in [2.05, 4.69) is 6.92 Å². The number of hydrogen-bond acceptors (Lipinski definition) is 4. The highest BCUT2D eigenvalue weighted by Crippen LogP contribution is 2.34. The summed E-state index contributed by atoms with van der Waals surface area (Å²) in [5.74, 6) is 0.180. The van der Waals surface area contributed by atoms with Crippen molar-refractivity contribution in [2.24, 2.45) is 0 Å². The Hall–Kier alpha value is -1.75. The average molecular weight is 337 g/mol. The molecular weight excluding hydrogens is 316 g/mol. The quantitative estimate of drug-likeness (QED) is 0.629. The minimum absolute atomic E-state index is 0.0668. The second-order valence-corrected chi connectivity index (χ2v) is 6.52. The van der Waals surface area contributed by atoms with Gasteiger partial charge in [0.15, 0.2) is 5.75 Å². The number of fused-ring (bicyclic) bond motifs is 1. The number of rotatable bonds is 3. The van der Waals surface area contributed by atoms with Gasteiger partial charge in [-0.05, 0) is 43.9 Å². The number of carbonyl (C=O) groups is 2. The second kappa shape index (κ2) is 6.79. The van der Waals surface area contributed by atoms with Crippen molar-refractivity contribution in [1.29, 1.82) is 0 Å². The van der Waals surface area contributed by atoms with E-state index in [0.29, 0.717) is 22.5 Å². The molecule has 23 heavy (non-hydrogen) atoms. The van der Waals surface area contributed by atoms with Crippen LogP contribution in [0, 0.1) is 0 Å². The third kappa shape index (κ3) is 3.44. The van der Waals surface area contributed by atoms with Crippen molar-refractivity contribution in [3.63, 3.8) is 0 Å². The highest BCUT2D eigenvalue weighted by Gasteiger charge is 2.30. The minimum Gasteiger partial charge on any atom is -0.423 e. The molecule has 0 aliphatic carbocycles. The first-order chi connectivity index (χ1) is 11.1. The SMILES string of the molecule is CCC1CCCCN1C(=O)CN1CC(=O)Oc2ccc(Cl)cc21. The monoisotopic (exact) mass is 336 g/mol. The summed E-state index contributed by atoms with van der Waals surface area (Å²) in [6, 6.07) is 5.40. The van der Waals surface area contributed by atoms with Crippen molar-refractivity contribution < 1.29 is 14.3 Å². The predicted molar refractivity (Wildman–Crippen MR) is 88.9 cm³/mol. The first-order valence-corrected chi connectivity index (χ1v) is 8.51. The second-order valence-electron chi connectivity index (χ2n) is 6.09. The molecule has 1 aromatic rings. The van der Waals surface area contributed by atoms with Crippen LogP contribution in [0.25, 0.3) is 0 Å². The number of esters is 1. The van der Waals surface area contributed by atoms with Crippen LogP contribution in [0.5, 0.6) is 5.75 Å². The number of carbonyl (C=O) groups excluding carboxylic acids is 2. The number of ether oxygens (including phenoxy) is 1. The van der Waals surface area contributed by atoms with Gasteiger partial charge in [-0.1, -0.05) is 18.5 Å². The molecule has 0 saturated carbocycles. The molecule has 0 aromatic heterocycles. The summed E-state index contributed by atoms with van der Waals surface area (Å²) in [4.78, 5) is 28.2. The van der Waals surface area contributed by atoms with Crippen LogP contribution in [0.1, 0.15) is 32.6 Å². The Balaban J connectivity index is 1.78. The van der Waals surface area contributed by atoms with E-state index in [1.54, 1.807) is 23.1 Å². The van der Waals surface area contributed by atoms with Crippen LogP contribution in [0.2, 0.25) is 5.02 Å². The van der Waals surface area contributed by atoms with E-state index in [4.69, 9.17) is 16.3 Å². The van der Waals surface area contributed by atoms with Gasteiger partial charge in [-0.2, -0.15) is 0 Å². The number of likely N-dealkylation sites (tertiary alicyclic amines) is 1. The maximum Gasteiger partial charge on any atom is 0.331 e. The Morgan fingerprint density at radius 3 is 3.00 bits per heavy atom. The molecule has 2 heterocycles. The predicted octanol–water partition coefficient (Wildman–Crippen LogP) is 2.86. The van der Waals surface area contributed by atoms with Crippen molar-refractivity contribution in [2.45, 2.75) is 38.6 Å². The summed E-state index contributed by atoms with van der Waals surface area (Å²) in [7, 11) is 0. The van der Waals surface area contributed by atoms with Crippen LogP contribution in [0.15, 0.2) is 18.2 Å². The van der Waals surface area contributed by atoms with E-state index < -0.39 is 0 Å². The number of benzene rings is 1. The number of amides is 1. The highest BCUT2D eigenvalue weighted by atomic mass is 35.5. The lowest BCUT2D eigenvalue weighted by Gasteiger charge is -2.37. The normalized spacial score (nSPS) is 21.0. The molecule has 1 fully saturated rings. The van der Waals surface area contributed by atoms with Gasteiger partial charge in [-0.3, -0.25) is 4.79 Å². The summed E-state index contributed by atoms with van der Waals surface area (Å²) in [6.07, 6.45) is 4.26. The van der Waals surface area contributed by atoms with Crippen LogP contribution in [-0.2, 0) is 9.59 Å². The van der Waals surface area contributed by atoms with E-state index in [9.17, 15) is 9.59 Å². The fourth-order valence-electron chi connectivity index (χ4n) is 3.37. The van der Waals surface area contributed by atoms with E-state index in [0.717, 1.165) is 25.8 Å². The average Bonchev–Trinajstić information content (AvgIpc) is 2.55. The number of halogens is 1. The van der Waals surface area contributed by atoms with E-state index in [1.165, 1.54) is 6.42 Å². The Bertz CT molecular complexity index is 620. The Kier molecular flexibility index (Phi) is 4.76. The molecule has 2 aliphatic rings. The molecule has 0 radical (unpaired) electrons. The molecule has 0 bridgehead atoms. The smallest absolute Gasteiger partial charge is 0.331 e. The molecule has 1 amide bonds. The molecule has 124 valence electrons. The van der Waals surface area contributed by atoms with Crippen molar-refractivity contribution in [3.05, 3.63) is 23.2 Å². The lowest BCUT2D eigenvalue weighted by atomic mass is 10.00. The van der Waals surface area contributed by atoms with Crippen molar-refractivity contribution >= 4 is 29.2 Å². The van der Waals surface area contributed by atoms with E-state index in [1.807, 2.05) is 4.90 Å². The van der Waals surface area contributed by atoms with Crippen LogP contribution in [0.3, 0.4) is 0 Å². The van der Waals surface area contributed by atoms with Gasteiger partial charge in [-0.15, -0.1) is 0 Å². The molecule has 3 rings (SSSR count). The van der Waals surface area contributed by atoms with Gasteiger partial charge in [0, 0.05) is 17.6 Å².